The van der Waals surface area contributed by atoms with Crippen molar-refractivity contribution in [2.24, 2.45) is 0 Å². The third-order valence-electron chi connectivity index (χ3n) is 6.01. The number of esters is 1. The van der Waals surface area contributed by atoms with Gasteiger partial charge in [0.15, 0.2) is 6.04 Å². The van der Waals surface area contributed by atoms with Gasteiger partial charge in [-0.2, -0.15) is 0 Å². The number of carbonyl (C=O) groups excluding carboxylic acids is 1. The second kappa shape index (κ2) is 9.02. The van der Waals surface area contributed by atoms with Gasteiger partial charge >= 0.3 is 5.97 Å². The Morgan fingerprint density at radius 1 is 0.941 bits per heavy atom. The summed E-state index contributed by atoms with van der Waals surface area (Å²) in [4.78, 5) is 26.2. The number of benzene rings is 3. The van der Waals surface area contributed by atoms with Crippen LogP contribution in [0.2, 0.25) is 0 Å². The first-order chi connectivity index (χ1) is 16.6. The fourth-order valence-electron chi connectivity index (χ4n) is 4.50. The first-order valence-corrected chi connectivity index (χ1v) is 11.1. The molecule has 0 fully saturated rings. The zero-order chi connectivity index (χ0) is 23.7. The van der Waals surface area contributed by atoms with Gasteiger partial charge in [-0.1, -0.05) is 42.5 Å². The highest BCUT2D eigenvalue weighted by Gasteiger charge is 2.33. The Hall–Kier alpha value is -4.13. The summed E-state index contributed by atoms with van der Waals surface area (Å²) in [5.41, 5.74) is 2.09. The molecule has 0 aliphatic carbocycles. The number of rotatable bonds is 5. The van der Waals surface area contributed by atoms with Gasteiger partial charge in [0.25, 0.3) is 5.56 Å². The van der Waals surface area contributed by atoms with Crippen molar-refractivity contribution < 1.29 is 18.7 Å². The van der Waals surface area contributed by atoms with Gasteiger partial charge in [-0.05, 0) is 54.8 Å². The maximum Gasteiger partial charge on any atom is 0.330 e. The van der Waals surface area contributed by atoms with E-state index in [0.29, 0.717) is 47.7 Å². The third kappa shape index (κ3) is 3.90. The summed E-state index contributed by atoms with van der Waals surface area (Å²) in [5, 5.41) is 0. The molecule has 1 aliphatic rings. The number of methoxy groups -OCH3 is 1. The van der Waals surface area contributed by atoms with Crippen LogP contribution in [0.1, 0.15) is 18.9 Å². The van der Waals surface area contributed by atoms with Crippen molar-refractivity contribution in [1.29, 1.82) is 0 Å². The molecule has 1 aromatic heterocycles. The normalized spacial score (nSPS) is 14.9. The van der Waals surface area contributed by atoms with E-state index < -0.39 is 12.0 Å². The largest absolute Gasteiger partial charge is 0.467 e. The van der Waals surface area contributed by atoms with E-state index >= 15 is 0 Å². The lowest BCUT2D eigenvalue weighted by Gasteiger charge is -2.26. The number of halogens is 1. The maximum atomic E-state index is 13.7. The Morgan fingerprint density at radius 2 is 1.68 bits per heavy atom. The molecule has 1 atom stereocenters. The van der Waals surface area contributed by atoms with Crippen molar-refractivity contribution in [3.63, 3.8) is 0 Å². The molecular weight excluding hydrogens is 435 g/mol. The van der Waals surface area contributed by atoms with Crippen molar-refractivity contribution in [1.82, 2.24) is 9.36 Å². The van der Waals surface area contributed by atoms with Crippen LogP contribution < -0.4 is 10.3 Å². The number of para-hydroxylation sites is 1. The third-order valence-corrected chi connectivity index (χ3v) is 6.01. The molecule has 1 aliphatic heterocycles. The molecule has 0 amide bonds. The lowest BCUT2D eigenvalue weighted by Crippen LogP contribution is -2.36. The molecule has 34 heavy (non-hydrogen) atoms. The lowest BCUT2D eigenvalue weighted by atomic mass is 10.0. The Kier molecular flexibility index (Phi) is 5.76. The summed E-state index contributed by atoms with van der Waals surface area (Å²) in [6.07, 6.45) is 1.22. The van der Waals surface area contributed by atoms with Crippen LogP contribution in [-0.2, 0) is 16.1 Å². The molecule has 1 unspecified atom stereocenters. The zero-order valence-corrected chi connectivity index (χ0v) is 18.6. The molecule has 0 N–H and O–H groups in total. The van der Waals surface area contributed by atoms with E-state index in [-0.39, 0.29) is 11.4 Å². The van der Waals surface area contributed by atoms with Crippen LogP contribution in [0, 0.1) is 5.82 Å². The summed E-state index contributed by atoms with van der Waals surface area (Å²) in [5.74, 6) is 0.460. The molecule has 2 heterocycles. The quantitative estimate of drug-likeness (QED) is 0.375. The number of aromatic nitrogens is 2. The molecule has 0 spiro atoms. The van der Waals surface area contributed by atoms with Crippen LogP contribution in [-0.4, -0.2) is 22.4 Å². The Labute approximate surface area is 195 Å². The fraction of sp³-hybridized carbons (Fsp3) is 0.185. The van der Waals surface area contributed by atoms with Crippen LogP contribution in [0.3, 0.4) is 0 Å². The molecule has 7 heteroatoms. The van der Waals surface area contributed by atoms with Crippen molar-refractivity contribution >= 4 is 5.97 Å². The molecule has 172 valence electrons. The number of hydrogen-bond acceptors (Lipinski definition) is 4. The summed E-state index contributed by atoms with van der Waals surface area (Å²) >= 11 is 0. The van der Waals surface area contributed by atoms with Gasteiger partial charge in [0.1, 0.15) is 17.3 Å². The Bertz CT molecular complexity index is 1390. The standard InChI is InChI=1S/C27H23FN2O4/c1-33-27(32)23-11-6-16-29-25(24(26(31)30(23)29)18-12-14-20(28)15-13-18)19-7-5-10-22(17-19)34-21-8-3-2-4-9-21/h2-5,7-10,12-15,17,23H,6,11,16H2,1H3. The average Bonchev–Trinajstić information content (AvgIpc) is 3.17. The minimum Gasteiger partial charge on any atom is -0.467 e. The van der Waals surface area contributed by atoms with E-state index in [9.17, 15) is 14.0 Å². The van der Waals surface area contributed by atoms with Crippen LogP contribution in [0.25, 0.3) is 22.4 Å². The number of hydrogen-bond donors (Lipinski definition) is 0. The number of nitrogens with zero attached hydrogens (tertiary/aromatic N) is 2. The van der Waals surface area contributed by atoms with E-state index in [1.807, 2.05) is 59.3 Å². The van der Waals surface area contributed by atoms with Gasteiger partial charge in [-0.15, -0.1) is 0 Å². The van der Waals surface area contributed by atoms with E-state index in [2.05, 4.69) is 0 Å². The number of fused-ring (bicyclic) bond motifs is 1. The predicted octanol–water partition coefficient (Wildman–Crippen LogP) is 5.42. The first kappa shape index (κ1) is 21.7. The molecule has 5 rings (SSSR count). The smallest absolute Gasteiger partial charge is 0.330 e. The van der Waals surface area contributed by atoms with Crippen LogP contribution >= 0.6 is 0 Å². The van der Waals surface area contributed by atoms with Crippen LogP contribution in [0.5, 0.6) is 11.5 Å². The van der Waals surface area contributed by atoms with E-state index in [1.54, 1.807) is 12.1 Å². The second-order valence-electron chi connectivity index (χ2n) is 8.13. The molecule has 0 saturated heterocycles. The van der Waals surface area contributed by atoms with E-state index in [1.165, 1.54) is 23.9 Å². The summed E-state index contributed by atoms with van der Waals surface area (Å²) in [7, 11) is 1.32. The van der Waals surface area contributed by atoms with E-state index in [4.69, 9.17) is 9.47 Å². The monoisotopic (exact) mass is 458 g/mol. The minimum absolute atomic E-state index is 0.314. The van der Waals surface area contributed by atoms with Crippen molar-refractivity contribution in [3.05, 3.63) is 95.0 Å². The predicted molar refractivity (Wildman–Crippen MR) is 126 cm³/mol. The summed E-state index contributed by atoms with van der Waals surface area (Å²) in [6, 6.07) is 22.0. The van der Waals surface area contributed by atoms with Crippen molar-refractivity contribution in [2.75, 3.05) is 7.11 Å². The van der Waals surface area contributed by atoms with Crippen LogP contribution in [0.15, 0.2) is 83.7 Å². The minimum atomic E-state index is -0.719. The van der Waals surface area contributed by atoms with E-state index in [0.717, 1.165) is 5.56 Å². The molecule has 0 saturated carbocycles. The summed E-state index contributed by atoms with van der Waals surface area (Å²) in [6.45, 7) is 0.559. The van der Waals surface area contributed by atoms with Crippen molar-refractivity contribution in [2.45, 2.75) is 25.4 Å². The zero-order valence-electron chi connectivity index (χ0n) is 18.6. The maximum absolute atomic E-state index is 13.7. The molecule has 6 nitrogen and oxygen atoms in total. The highest BCUT2D eigenvalue weighted by atomic mass is 19.1. The van der Waals surface area contributed by atoms with Gasteiger partial charge in [-0.3, -0.25) is 9.48 Å². The Morgan fingerprint density at radius 3 is 2.41 bits per heavy atom. The van der Waals surface area contributed by atoms with Crippen LogP contribution in [0.4, 0.5) is 4.39 Å². The molecule has 0 radical (unpaired) electrons. The first-order valence-electron chi connectivity index (χ1n) is 11.1. The number of ether oxygens (including phenoxy) is 2. The lowest BCUT2D eigenvalue weighted by molar-refractivity contribution is -0.146. The SMILES string of the molecule is COC(=O)C1CCCn2c(-c3cccc(Oc4ccccc4)c3)c(-c3ccc(F)cc3)c(=O)n21. The highest BCUT2D eigenvalue weighted by molar-refractivity contribution is 5.82. The van der Waals surface area contributed by atoms with Gasteiger partial charge in [0.2, 0.25) is 0 Å². The highest BCUT2D eigenvalue weighted by Crippen LogP contribution is 2.36. The molecular formula is C27H23FN2O4. The fourth-order valence-corrected chi connectivity index (χ4v) is 4.50. The topological polar surface area (TPSA) is 62.5 Å². The summed E-state index contributed by atoms with van der Waals surface area (Å²) < 4.78 is 28.0. The van der Waals surface area contributed by atoms with Gasteiger partial charge in [-0.25, -0.2) is 13.9 Å². The molecule has 4 aromatic rings. The van der Waals surface area contributed by atoms with Gasteiger partial charge in [0, 0.05) is 12.1 Å². The number of carbonyl (C=O) groups is 1. The average molecular weight is 458 g/mol. The molecule has 0 bridgehead atoms. The second-order valence-corrected chi connectivity index (χ2v) is 8.13. The molecule has 3 aromatic carbocycles. The van der Waals surface area contributed by atoms with Gasteiger partial charge in [0.05, 0.1) is 18.4 Å². The van der Waals surface area contributed by atoms with Crippen molar-refractivity contribution in [3.8, 4) is 33.9 Å². The Balaban J connectivity index is 1.70. The van der Waals surface area contributed by atoms with Gasteiger partial charge < -0.3 is 9.47 Å².